The van der Waals surface area contributed by atoms with Gasteiger partial charge in [-0.05, 0) is 20.8 Å². The summed E-state index contributed by atoms with van der Waals surface area (Å²) in [5, 5.41) is 11.2. The van der Waals surface area contributed by atoms with E-state index < -0.39 is 0 Å². The summed E-state index contributed by atoms with van der Waals surface area (Å²) in [6.45, 7) is 5.57. The van der Waals surface area contributed by atoms with Crippen molar-refractivity contribution >= 4 is 23.1 Å². The smallest absolute Gasteiger partial charge is 0.307 e. The van der Waals surface area contributed by atoms with E-state index in [9.17, 15) is 9.59 Å². The van der Waals surface area contributed by atoms with E-state index >= 15 is 0 Å². The second kappa shape index (κ2) is 4.77. The van der Waals surface area contributed by atoms with Gasteiger partial charge in [0.05, 0.1) is 0 Å². The monoisotopic (exact) mass is 266 g/mol. The zero-order valence-electron chi connectivity index (χ0n) is 10.4. The lowest BCUT2D eigenvalue weighted by atomic mass is 10.3. The van der Waals surface area contributed by atoms with E-state index in [0.29, 0.717) is 5.82 Å². The predicted molar refractivity (Wildman–Crippen MR) is 70.0 cm³/mol. The van der Waals surface area contributed by atoms with E-state index in [1.165, 1.54) is 4.57 Å². The summed E-state index contributed by atoms with van der Waals surface area (Å²) in [5.41, 5.74) is 2.60. The number of anilines is 1. The van der Waals surface area contributed by atoms with Gasteiger partial charge in [0.2, 0.25) is 5.91 Å². The number of nitrogens with zero attached hydrogens (tertiary/aromatic N) is 2. The molecule has 0 radical (unpaired) electrons. The highest BCUT2D eigenvalue weighted by Gasteiger charge is 2.12. The molecule has 2 heterocycles. The summed E-state index contributed by atoms with van der Waals surface area (Å²) in [6, 6.07) is 0. The molecule has 2 N–H and O–H groups in total. The van der Waals surface area contributed by atoms with E-state index in [0.717, 1.165) is 28.3 Å². The number of rotatable bonds is 3. The number of aromatic amines is 1. The van der Waals surface area contributed by atoms with Crippen LogP contribution in [-0.2, 0) is 11.3 Å². The molecule has 0 saturated heterocycles. The Bertz CT molecular complexity index is 638. The maximum atomic E-state index is 11.8. The minimum atomic E-state index is -0.256. The molecular formula is C11H14N4O2S. The standard InChI is InChI=1S/C11H14N4O2S/c1-6-5-18-11(17)15(6)4-9(16)12-10-7(2)8(3)13-14-10/h5H,4H2,1-3H3,(H2,12,13,14,16). The lowest BCUT2D eigenvalue weighted by Crippen LogP contribution is -2.25. The van der Waals surface area contributed by atoms with Crippen molar-refractivity contribution in [2.24, 2.45) is 0 Å². The second-order valence-electron chi connectivity index (χ2n) is 4.10. The van der Waals surface area contributed by atoms with Crippen LogP contribution in [0.3, 0.4) is 0 Å². The normalized spacial score (nSPS) is 10.6. The maximum absolute atomic E-state index is 11.8. The number of aromatic nitrogens is 3. The van der Waals surface area contributed by atoms with Gasteiger partial charge in [0, 0.05) is 22.3 Å². The molecule has 0 aliphatic rings. The summed E-state index contributed by atoms with van der Waals surface area (Å²) < 4.78 is 1.44. The van der Waals surface area contributed by atoms with Crippen molar-refractivity contribution in [1.82, 2.24) is 14.8 Å². The van der Waals surface area contributed by atoms with Gasteiger partial charge in [-0.3, -0.25) is 19.3 Å². The van der Waals surface area contributed by atoms with Gasteiger partial charge in [-0.25, -0.2) is 0 Å². The number of nitrogens with one attached hydrogen (secondary N) is 2. The van der Waals surface area contributed by atoms with Crippen LogP contribution in [0.2, 0.25) is 0 Å². The fourth-order valence-electron chi connectivity index (χ4n) is 1.52. The van der Waals surface area contributed by atoms with Gasteiger partial charge in [0.1, 0.15) is 6.54 Å². The van der Waals surface area contributed by atoms with Crippen LogP contribution in [0.1, 0.15) is 17.0 Å². The third-order valence-corrected chi connectivity index (χ3v) is 3.67. The molecule has 0 aromatic carbocycles. The van der Waals surface area contributed by atoms with E-state index in [1.54, 1.807) is 12.3 Å². The van der Waals surface area contributed by atoms with Crippen LogP contribution in [0.25, 0.3) is 0 Å². The molecule has 0 saturated carbocycles. The maximum Gasteiger partial charge on any atom is 0.307 e. The summed E-state index contributed by atoms with van der Waals surface area (Å²) in [6.07, 6.45) is 0. The Hall–Kier alpha value is -1.89. The lowest BCUT2D eigenvalue weighted by molar-refractivity contribution is -0.116. The quantitative estimate of drug-likeness (QED) is 0.876. The molecule has 18 heavy (non-hydrogen) atoms. The Morgan fingerprint density at radius 1 is 1.50 bits per heavy atom. The number of H-pyrrole nitrogens is 1. The van der Waals surface area contributed by atoms with Gasteiger partial charge < -0.3 is 5.32 Å². The molecule has 2 aromatic heterocycles. The average Bonchev–Trinajstić information content (AvgIpc) is 2.79. The minimum Gasteiger partial charge on any atom is -0.307 e. The average molecular weight is 266 g/mol. The van der Waals surface area contributed by atoms with Crippen LogP contribution in [0, 0.1) is 20.8 Å². The first-order valence-electron chi connectivity index (χ1n) is 5.45. The summed E-state index contributed by atoms with van der Waals surface area (Å²) in [4.78, 5) is 23.2. The molecule has 6 nitrogen and oxygen atoms in total. The SMILES string of the molecule is Cc1[nH]nc(NC(=O)Cn2c(C)csc2=O)c1C. The molecule has 0 unspecified atom stereocenters. The Kier molecular flexibility index (Phi) is 3.33. The number of carbonyl (C=O) groups is 1. The van der Waals surface area contributed by atoms with E-state index in [1.807, 2.05) is 13.8 Å². The second-order valence-corrected chi connectivity index (χ2v) is 4.92. The van der Waals surface area contributed by atoms with Crippen LogP contribution in [0.15, 0.2) is 10.2 Å². The molecule has 0 atom stereocenters. The van der Waals surface area contributed by atoms with Crippen LogP contribution in [0.4, 0.5) is 5.82 Å². The van der Waals surface area contributed by atoms with Gasteiger partial charge in [-0.2, -0.15) is 5.10 Å². The Morgan fingerprint density at radius 3 is 2.72 bits per heavy atom. The van der Waals surface area contributed by atoms with Crippen LogP contribution < -0.4 is 10.2 Å². The summed E-state index contributed by atoms with van der Waals surface area (Å²) in [5.74, 6) is 0.256. The van der Waals surface area contributed by atoms with Crippen LogP contribution in [-0.4, -0.2) is 20.7 Å². The minimum absolute atomic E-state index is 0.0134. The fraction of sp³-hybridized carbons (Fsp3) is 0.364. The van der Waals surface area contributed by atoms with E-state index in [2.05, 4.69) is 15.5 Å². The lowest BCUT2D eigenvalue weighted by Gasteiger charge is -2.05. The number of hydrogen-bond donors (Lipinski definition) is 2. The van der Waals surface area contributed by atoms with Crippen LogP contribution in [0.5, 0.6) is 0 Å². The van der Waals surface area contributed by atoms with Gasteiger partial charge in [-0.15, -0.1) is 0 Å². The van der Waals surface area contributed by atoms with Crippen molar-refractivity contribution in [1.29, 1.82) is 0 Å². The van der Waals surface area contributed by atoms with E-state index in [4.69, 9.17) is 0 Å². The molecule has 0 spiro atoms. The highest BCUT2D eigenvalue weighted by Crippen LogP contribution is 2.13. The Balaban J connectivity index is 2.10. The van der Waals surface area contributed by atoms with Crippen molar-refractivity contribution < 1.29 is 4.79 Å². The van der Waals surface area contributed by atoms with Crippen molar-refractivity contribution in [3.63, 3.8) is 0 Å². The third-order valence-electron chi connectivity index (χ3n) is 2.79. The summed E-state index contributed by atoms with van der Waals surface area (Å²) in [7, 11) is 0. The third kappa shape index (κ3) is 2.35. The number of amides is 1. The molecule has 96 valence electrons. The molecule has 0 aliphatic heterocycles. The first-order valence-corrected chi connectivity index (χ1v) is 6.33. The molecule has 0 bridgehead atoms. The van der Waals surface area contributed by atoms with Crippen molar-refractivity contribution in [3.05, 3.63) is 32.0 Å². The molecule has 1 amide bonds. The number of thiazole rings is 1. The molecule has 2 rings (SSSR count). The van der Waals surface area contributed by atoms with Gasteiger partial charge in [0.25, 0.3) is 0 Å². The predicted octanol–water partition coefficient (Wildman–Crippen LogP) is 1.20. The Morgan fingerprint density at radius 2 is 2.22 bits per heavy atom. The highest BCUT2D eigenvalue weighted by molar-refractivity contribution is 7.07. The zero-order chi connectivity index (χ0) is 13.3. The molecule has 0 aliphatic carbocycles. The van der Waals surface area contributed by atoms with Crippen molar-refractivity contribution in [2.75, 3.05) is 5.32 Å². The van der Waals surface area contributed by atoms with Gasteiger partial charge in [0.15, 0.2) is 5.82 Å². The number of aryl methyl sites for hydroxylation is 2. The van der Waals surface area contributed by atoms with Crippen LogP contribution >= 0.6 is 11.3 Å². The highest BCUT2D eigenvalue weighted by atomic mass is 32.1. The molecule has 2 aromatic rings. The van der Waals surface area contributed by atoms with Crippen molar-refractivity contribution in [3.8, 4) is 0 Å². The zero-order valence-corrected chi connectivity index (χ0v) is 11.2. The van der Waals surface area contributed by atoms with Gasteiger partial charge >= 0.3 is 4.87 Å². The number of hydrogen-bond acceptors (Lipinski definition) is 4. The molecular weight excluding hydrogens is 252 g/mol. The largest absolute Gasteiger partial charge is 0.307 e. The molecule has 7 heteroatoms. The first kappa shape index (κ1) is 12.6. The topological polar surface area (TPSA) is 79.8 Å². The Labute approximate surface area is 108 Å². The van der Waals surface area contributed by atoms with Crippen molar-refractivity contribution in [2.45, 2.75) is 27.3 Å². The number of carbonyl (C=O) groups excluding carboxylic acids is 1. The fourth-order valence-corrected chi connectivity index (χ4v) is 2.25. The first-order chi connectivity index (χ1) is 8.49. The van der Waals surface area contributed by atoms with Gasteiger partial charge in [-0.1, -0.05) is 11.3 Å². The van der Waals surface area contributed by atoms with E-state index in [-0.39, 0.29) is 17.3 Å². The summed E-state index contributed by atoms with van der Waals surface area (Å²) >= 11 is 1.09. The molecule has 0 fully saturated rings.